The summed E-state index contributed by atoms with van der Waals surface area (Å²) in [4.78, 5) is 25.6. The third kappa shape index (κ3) is 4.93. The maximum Gasteiger partial charge on any atom is 0.270 e. The number of benzene rings is 1. The Labute approximate surface area is 159 Å². The van der Waals surface area contributed by atoms with Gasteiger partial charge >= 0.3 is 0 Å². The zero-order chi connectivity index (χ0) is 19.2. The van der Waals surface area contributed by atoms with E-state index >= 15 is 0 Å². The Balaban J connectivity index is 1.65. The molecule has 1 aromatic carbocycles. The third-order valence-corrected chi connectivity index (χ3v) is 4.65. The molecule has 0 spiro atoms. The molecule has 144 valence electrons. The van der Waals surface area contributed by atoms with Gasteiger partial charge in [0.15, 0.2) is 0 Å². The molecular weight excluding hydrogens is 345 g/mol. The van der Waals surface area contributed by atoms with Crippen molar-refractivity contribution in [1.29, 1.82) is 0 Å². The second kappa shape index (κ2) is 8.79. The molecule has 1 N–H and O–H groups in total. The van der Waals surface area contributed by atoms with Crippen LogP contribution in [0, 0.1) is 12.7 Å². The fraction of sp³-hybridized carbons (Fsp3) is 0.450. The molecule has 2 heterocycles. The summed E-state index contributed by atoms with van der Waals surface area (Å²) in [6.45, 7) is 7.70. The van der Waals surface area contributed by atoms with Crippen molar-refractivity contribution in [3.05, 3.63) is 47.5 Å². The van der Waals surface area contributed by atoms with Gasteiger partial charge in [0.2, 0.25) is 5.95 Å². The van der Waals surface area contributed by atoms with Crippen LogP contribution >= 0.6 is 0 Å². The molecule has 27 heavy (non-hydrogen) atoms. The summed E-state index contributed by atoms with van der Waals surface area (Å²) < 4.78 is 13.1. The molecule has 3 rings (SSSR count). The SMILES string of the molecule is CCCCNC(=O)c1cc(C)nc(N2CCN(c3ccc(F)cc3)CC2)n1. The van der Waals surface area contributed by atoms with E-state index in [2.05, 4.69) is 32.0 Å². The molecule has 0 aliphatic carbocycles. The van der Waals surface area contributed by atoms with Crippen LogP contribution in [0.15, 0.2) is 30.3 Å². The number of carbonyl (C=O) groups excluding carboxylic acids is 1. The number of aromatic nitrogens is 2. The molecule has 0 radical (unpaired) electrons. The first-order chi connectivity index (χ1) is 13.1. The van der Waals surface area contributed by atoms with Crippen molar-refractivity contribution in [2.24, 2.45) is 0 Å². The van der Waals surface area contributed by atoms with E-state index in [0.717, 1.165) is 50.4 Å². The van der Waals surface area contributed by atoms with Crippen molar-refractivity contribution >= 4 is 17.5 Å². The summed E-state index contributed by atoms with van der Waals surface area (Å²) in [7, 11) is 0. The Morgan fingerprint density at radius 3 is 2.44 bits per heavy atom. The first-order valence-electron chi connectivity index (χ1n) is 9.46. The molecule has 1 aromatic heterocycles. The topological polar surface area (TPSA) is 61.4 Å². The zero-order valence-corrected chi connectivity index (χ0v) is 15.9. The summed E-state index contributed by atoms with van der Waals surface area (Å²) in [5, 5.41) is 2.90. The van der Waals surface area contributed by atoms with Gasteiger partial charge < -0.3 is 15.1 Å². The summed E-state index contributed by atoms with van der Waals surface area (Å²) in [5.74, 6) is 0.213. The highest BCUT2D eigenvalue weighted by Crippen LogP contribution is 2.19. The number of hydrogen-bond donors (Lipinski definition) is 1. The zero-order valence-electron chi connectivity index (χ0n) is 15.9. The maximum absolute atomic E-state index is 13.1. The predicted octanol–water partition coefficient (Wildman–Crippen LogP) is 2.78. The molecule has 0 atom stereocenters. The van der Waals surface area contributed by atoms with Crippen LogP contribution in [0.25, 0.3) is 0 Å². The number of amides is 1. The lowest BCUT2D eigenvalue weighted by Crippen LogP contribution is -2.47. The molecule has 0 bridgehead atoms. The fourth-order valence-corrected chi connectivity index (χ4v) is 3.10. The van der Waals surface area contributed by atoms with Gasteiger partial charge in [0.1, 0.15) is 11.5 Å². The van der Waals surface area contributed by atoms with Gasteiger partial charge in [0, 0.05) is 44.1 Å². The van der Waals surface area contributed by atoms with E-state index < -0.39 is 0 Å². The molecule has 7 heteroatoms. The second-order valence-electron chi connectivity index (χ2n) is 6.75. The highest BCUT2D eigenvalue weighted by Gasteiger charge is 2.21. The Hall–Kier alpha value is -2.70. The van der Waals surface area contributed by atoms with Crippen molar-refractivity contribution in [3.8, 4) is 0 Å². The molecule has 1 aliphatic heterocycles. The first-order valence-corrected chi connectivity index (χ1v) is 9.46. The lowest BCUT2D eigenvalue weighted by atomic mass is 10.2. The number of piperazine rings is 1. The van der Waals surface area contributed by atoms with Gasteiger partial charge in [-0.15, -0.1) is 0 Å². The van der Waals surface area contributed by atoms with Crippen LogP contribution < -0.4 is 15.1 Å². The molecular formula is C20H26FN5O. The van der Waals surface area contributed by atoms with Crippen molar-refractivity contribution < 1.29 is 9.18 Å². The van der Waals surface area contributed by atoms with Gasteiger partial charge in [-0.3, -0.25) is 4.79 Å². The minimum atomic E-state index is -0.227. The maximum atomic E-state index is 13.1. The van der Waals surface area contributed by atoms with Crippen LogP contribution in [-0.4, -0.2) is 48.6 Å². The number of nitrogens with zero attached hydrogens (tertiary/aromatic N) is 4. The number of nitrogens with one attached hydrogen (secondary N) is 1. The van der Waals surface area contributed by atoms with Crippen LogP contribution in [0.2, 0.25) is 0 Å². The average molecular weight is 371 g/mol. The highest BCUT2D eigenvalue weighted by atomic mass is 19.1. The van der Waals surface area contributed by atoms with Gasteiger partial charge in [-0.25, -0.2) is 14.4 Å². The number of rotatable bonds is 6. The number of halogens is 1. The molecule has 1 aliphatic rings. The summed E-state index contributed by atoms with van der Waals surface area (Å²) in [5.41, 5.74) is 2.20. The molecule has 1 saturated heterocycles. The molecule has 1 fully saturated rings. The first kappa shape index (κ1) is 19.1. The third-order valence-electron chi connectivity index (χ3n) is 4.65. The summed E-state index contributed by atoms with van der Waals surface area (Å²) >= 11 is 0. The number of hydrogen-bond acceptors (Lipinski definition) is 5. The fourth-order valence-electron chi connectivity index (χ4n) is 3.10. The molecule has 0 unspecified atom stereocenters. The van der Waals surface area contributed by atoms with Gasteiger partial charge in [0.05, 0.1) is 0 Å². The van der Waals surface area contributed by atoms with Crippen molar-refractivity contribution in [1.82, 2.24) is 15.3 Å². The molecule has 2 aromatic rings. The van der Waals surface area contributed by atoms with Crippen molar-refractivity contribution in [2.45, 2.75) is 26.7 Å². The normalized spacial score (nSPS) is 14.3. The van der Waals surface area contributed by atoms with E-state index in [1.54, 1.807) is 18.2 Å². The van der Waals surface area contributed by atoms with E-state index in [0.29, 0.717) is 18.2 Å². The smallest absolute Gasteiger partial charge is 0.270 e. The average Bonchev–Trinajstić information content (AvgIpc) is 2.68. The van der Waals surface area contributed by atoms with Crippen LogP contribution in [0.1, 0.15) is 35.9 Å². The standard InChI is InChI=1S/C20H26FN5O/c1-3-4-9-22-19(27)18-14-15(2)23-20(24-18)26-12-10-25(11-13-26)17-7-5-16(21)6-8-17/h5-8,14H,3-4,9-13H2,1-2H3,(H,22,27). The Morgan fingerprint density at radius 2 is 1.78 bits per heavy atom. The highest BCUT2D eigenvalue weighted by molar-refractivity contribution is 5.92. The van der Waals surface area contributed by atoms with Crippen LogP contribution in [0.3, 0.4) is 0 Å². The Kier molecular flexibility index (Phi) is 6.21. The van der Waals surface area contributed by atoms with Crippen molar-refractivity contribution in [3.63, 3.8) is 0 Å². The van der Waals surface area contributed by atoms with E-state index in [1.807, 2.05) is 6.92 Å². The summed E-state index contributed by atoms with van der Waals surface area (Å²) in [6, 6.07) is 8.28. The van der Waals surface area contributed by atoms with Crippen LogP contribution in [-0.2, 0) is 0 Å². The van der Waals surface area contributed by atoms with E-state index in [-0.39, 0.29) is 11.7 Å². The quantitative estimate of drug-likeness (QED) is 0.791. The van der Waals surface area contributed by atoms with Crippen molar-refractivity contribution in [2.75, 3.05) is 42.5 Å². The van der Waals surface area contributed by atoms with Gasteiger partial charge in [-0.05, 0) is 43.7 Å². The predicted molar refractivity (Wildman–Crippen MR) is 105 cm³/mol. The Morgan fingerprint density at radius 1 is 1.11 bits per heavy atom. The number of aryl methyl sites for hydroxylation is 1. The lowest BCUT2D eigenvalue weighted by molar-refractivity contribution is 0.0948. The minimum Gasteiger partial charge on any atom is -0.368 e. The largest absolute Gasteiger partial charge is 0.368 e. The van der Waals surface area contributed by atoms with Gasteiger partial charge in [0.25, 0.3) is 5.91 Å². The second-order valence-corrected chi connectivity index (χ2v) is 6.75. The summed E-state index contributed by atoms with van der Waals surface area (Å²) in [6.07, 6.45) is 1.99. The monoisotopic (exact) mass is 371 g/mol. The van der Waals surface area contributed by atoms with Gasteiger partial charge in [-0.2, -0.15) is 0 Å². The minimum absolute atomic E-state index is 0.153. The van der Waals surface area contributed by atoms with E-state index in [9.17, 15) is 9.18 Å². The Bertz CT molecular complexity index is 772. The van der Waals surface area contributed by atoms with Gasteiger partial charge in [-0.1, -0.05) is 13.3 Å². The molecule has 1 amide bonds. The number of carbonyl (C=O) groups is 1. The number of anilines is 2. The van der Waals surface area contributed by atoms with Crippen LogP contribution in [0.4, 0.5) is 16.0 Å². The van der Waals surface area contributed by atoms with Crippen LogP contribution in [0.5, 0.6) is 0 Å². The molecule has 0 saturated carbocycles. The molecule has 6 nitrogen and oxygen atoms in total. The lowest BCUT2D eigenvalue weighted by Gasteiger charge is -2.36. The van der Waals surface area contributed by atoms with E-state index in [1.165, 1.54) is 12.1 Å². The number of unbranched alkanes of at least 4 members (excludes halogenated alkanes) is 1. The van der Waals surface area contributed by atoms with E-state index in [4.69, 9.17) is 0 Å².